The Bertz CT molecular complexity index is 423. The lowest BCUT2D eigenvalue weighted by Crippen LogP contribution is -2.21. The molecule has 0 aliphatic rings. The number of rotatable bonds is 4. The van der Waals surface area contributed by atoms with Gasteiger partial charge in [-0.2, -0.15) is 13.2 Å². The van der Waals surface area contributed by atoms with E-state index in [-0.39, 0.29) is 17.6 Å². The number of carbonyl (C=O) groups excluding carboxylic acids is 1. The number of hydrogen-bond acceptors (Lipinski definition) is 2. The van der Waals surface area contributed by atoms with Gasteiger partial charge in [0.05, 0.1) is 11.1 Å². The molecule has 0 amide bonds. The van der Waals surface area contributed by atoms with Gasteiger partial charge in [0.2, 0.25) is 0 Å². The molecule has 0 aliphatic heterocycles. The normalized spacial score (nSPS) is 14.8. The van der Waals surface area contributed by atoms with Crippen LogP contribution < -0.4 is 0 Å². The largest absolute Gasteiger partial charge is 0.459 e. The molecule has 19 heavy (non-hydrogen) atoms. The summed E-state index contributed by atoms with van der Waals surface area (Å²) in [7, 11) is 0. The fraction of sp³-hybridized carbons (Fsp3) is 0.500. The molecule has 2 atom stereocenters. The molecule has 1 aromatic rings. The van der Waals surface area contributed by atoms with E-state index >= 15 is 0 Å². The first-order chi connectivity index (χ1) is 8.75. The number of benzene rings is 1. The molecule has 0 fully saturated rings. The van der Waals surface area contributed by atoms with E-state index in [2.05, 4.69) is 0 Å². The Balaban J connectivity index is 2.74. The van der Waals surface area contributed by atoms with Gasteiger partial charge < -0.3 is 4.74 Å². The second-order valence-corrected chi connectivity index (χ2v) is 4.57. The Morgan fingerprint density at radius 2 is 1.74 bits per heavy atom. The van der Waals surface area contributed by atoms with Crippen molar-refractivity contribution in [1.82, 2.24) is 0 Å². The van der Waals surface area contributed by atoms with Gasteiger partial charge in [-0.3, -0.25) is 0 Å². The van der Waals surface area contributed by atoms with Gasteiger partial charge in [0.15, 0.2) is 0 Å². The van der Waals surface area contributed by atoms with Crippen LogP contribution in [0.3, 0.4) is 0 Å². The lowest BCUT2D eigenvalue weighted by molar-refractivity contribution is -0.137. The molecule has 0 N–H and O–H groups in total. The third kappa shape index (κ3) is 4.26. The minimum absolute atomic E-state index is 0.128. The minimum Gasteiger partial charge on any atom is -0.459 e. The second kappa shape index (κ2) is 6.08. The molecule has 1 rings (SSSR count). The maximum atomic E-state index is 12.4. The monoisotopic (exact) mass is 274 g/mol. The van der Waals surface area contributed by atoms with Crippen molar-refractivity contribution in [3.05, 3.63) is 35.4 Å². The van der Waals surface area contributed by atoms with Gasteiger partial charge in [-0.05, 0) is 37.1 Å². The van der Waals surface area contributed by atoms with Crippen molar-refractivity contribution in [1.29, 1.82) is 0 Å². The smallest absolute Gasteiger partial charge is 0.416 e. The standard InChI is InChI=1S/C14H17F3O2/c1-4-9(2)10(3)19-13(18)11-5-7-12(8-6-11)14(15,16)17/h5-10H,4H2,1-3H3. The van der Waals surface area contributed by atoms with Crippen molar-refractivity contribution in [2.75, 3.05) is 0 Å². The molecule has 0 heterocycles. The number of hydrogen-bond donors (Lipinski definition) is 0. The lowest BCUT2D eigenvalue weighted by Gasteiger charge is -2.19. The first-order valence-corrected chi connectivity index (χ1v) is 6.14. The number of halogens is 3. The van der Waals surface area contributed by atoms with Crippen molar-refractivity contribution in [2.45, 2.75) is 39.5 Å². The van der Waals surface area contributed by atoms with Crippen molar-refractivity contribution in [3.63, 3.8) is 0 Å². The minimum atomic E-state index is -4.40. The van der Waals surface area contributed by atoms with Crippen LogP contribution in [0, 0.1) is 5.92 Å². The molecule has 106 valence electrons. The highest BCUT2D eigenvalue weighted by atomic mass is 19.4. The average Bonchev–Trinajstić information content (AvgIpc) is 2.36. The Hall–Kier alpha value is -1.52. The highest BCUT2D eigenvalue weighted by Gasteiger charge is 2.30. The molecule has 2 unspecified atom stereocenters. The highest BCUT2D eigenvalue weighted by Crippen LogP contribution is 2.29. The van der Waals surface area contributed by atoms with Crippen LogP contribution in [0.5, 0.6) is 0 Å². The summed E-state index contributed by atoms with van der Waals surface area (Å²) < 4.78 is 42.3. The molecule has 2 nitrogen and oxygen atoms in total. The molecule has 1 aromatic carbocycles. The van der Waals surface area contributed by atoms with E-state index in [0.717, 1.165) is 30.7 Å². The summed E-state index contributed by atoms with van der Waals surface area (Å²) in [6.07, 6.45) is -3.80. The van der Waals surface area contributed by atoms with Crippen LogP contribution in [0.1, 0.15) is 43.1 Å². The zero-order chi connectivity index (χ0) is 14.6. The van der Waals surface area contributed by atoms with Gasteiger partial charge >= 0.3 is 12.1 Å². The quantitative estimate of drug-likeness (QED) is 0.765. The fourth-order valence-corrected chi connectivity index (χ4v) is 1.48. The van der Waals surface area contributed by atoms with Crippen LogP contribution in [0.2, 0.25) is 0 Å². The maximum Gasteiger partial charge on any atom is 0.416 e. The molecular weight excluding hydrogens is 257 g/mol. The third-order valence-corrected chi connectivity index (χ3v) is 3.19. The van der Waals surface area contributed by atoms with Gasteiger partial charge in [-0.1, -0.05) is 20.3 Å². The summed E-state index contributed by atoms with van der Waals surface area (Å²) in [6.45, 7) is 5.70. The van der Waals surface area contributed by atoms with Gasteiger partial charge in [-0.25, -0.2) is 4.79 Å². The Kier molecular flexibility index (Phi) is 4.97. The first-order valence-electron chi connectivity index (χ1n) is 6.14. The summed E-state index contributed by atoms with van der Waals surface area (Å²) in [6, 6.07) is 4.03. The summed E-state index contributed by atoms with van der Waals surface area (Å²) >= 11 is 0. The molecule has 0 aliphatic carbocycles. The SMILES string of the molecule is CCC(C)C(C)OC(=O)c1ccc(C(F)(F)F)cc1. The van der Waals surface area contributed by atoms with Crippen LogP contribution >= 0.6 is 0 Å². The molecule has 0 saturated heterocycles. The Labute approximate surface area is 110 Å². The Morgan fingerprint density at radius 3 is 2.16 bits per heavy atom. The zero-order valence-corrected chi connectivity index (χ0v) is 11.1. The van der Waals surface area contributed by atoms with Crippen molar-refractivity contribution < 1.29 is 22.7 Å². The van der Waals surface area contributed by atoms with E-state index in [1.165, 1.54) is 0 Å². The van der Waals surface area contributed by atoms with Gasteiger partial charge in [0, 0.05) is 0 Å². The van der Waals surface area contributed by atoms with E-state index in [1.807, 2.05) is 13.8 Å². The predicted octanol–water partition coefficient (Wildman–Crippen LogP) is 4.30. The highest BCUT2D eigenvalue weighted by molar-refractivity contribution is 5.89. The van der Waals surface area contributed by atoms with Crippen LogP contribution in [-0.4, -0.2) is 12.1 Å². The van der Waals surface area contributed by atoms with E-state index in [0.29, 0.717) is 0 Å². The Morgan fingerprint density at radius 1 is 1.21 bits per heavy atom. The number of alkyl halides is 3. The van der Waals surface area contributed by atoms with Crippen molar-refractivity contribution >= 4 is 5.97 Å². The van der Waals surface area contributed by atoms with Crippen LogP contribution in [-0.2, 0) is 10.9 Å². The maximum absolute atomic E-state index is 12.4. The predicted molar refractivity (Wildman–Crippen MR) is 65.8 cm³/mol. The summed E-state index contributed by atoms with van der Waals surface area (Å²) in [4.78, 5) is 11.7. The van der Waals surface area contributed by atoms with Crippen molar-refractivity contribution in [3.8, 4) is 0 Å². The van der Waals surface area contributed by atoms with Crippen LogP contribution in [0.15, 0.2) is 24.3 Å². The van der Waals surface area contributed by atoms with Crippen LogP contribution in [0.25, 0.3) is 0 Å². The third-order valence-electron chi connectivity index (χ3n) is 3.19. The van der Waals surface area contributed by atoms with E-state index < -0.39 is 17.7 Å². The second-order valence-electron chi connectivity index (χ2n) is 4.57. The van der Waals surface area contributed by atoms with Gasteiger partial charge in [-0.15, -0.1) is 0 Å². The van der Waals surface area contributed by atoms with E-state index in [1.54, 1.807) is 6.92 Å². The van der Waals surface area contributed by atoms with Crippen LogP contribution in [0.4, 0.5) is 13.2 Å². The summed E-state index contributed by atoms with van der Waals surface area (Å²) in [5.41, 5.74) is -0.651. The first kappa shape index (κ1) is 15.5. The molecule has 5 heteroatoms. The molecule has 0 spiro atoms. The van der Waals surface area contributed by atoms with E-state index in [9.17, 15) is 18.0 Å². The van der Waals surface area contributed by atoms with E-state index in [4.69, 9.17) is 4.74 Å². The molecule has 0 aromatic heterocycles. The topological polar surface area (TPSA) is 26.3 Å². The van der Waals surface area contributed by atoms with Gasteiger partial charge in [0.1, 0.15) is 6.10 Å². The zero-order valence-electron chi connectivity index (χ0n) is 11.1. The summed E-state index contributed by atoms with van der Waals surface area (Å²) in [5, 5.41) is 0. The molecular formula is C14H17F3O2. The summed E-state index contributed by atoms with van der Waals surface area (Å²) in [5.74, 6) is -0.389. The van der Waals surface area contributed by atoms with Gasteiger partial charge in [0.25, 0.3) is 0 Å². The average molecular weight is 274 g/mol. The molecule has 0 radical (unpaired) electrons. The fourth-order valence-electron chi connectivity index (χ4n) is 1.48. The number of ether oxygens (including phenoxy) is 1. The van der Waals surface area contributed by atoms with Crippen molar-refractivity contribution in [2.24, 2.45) is 5.92 Å². The lowest BCUT2D eigenvalue weighted by atomic mass is 10.0. The number of esters is 1. The molecule has 0 saturated carbocycles. The molecule has 0 bridgehead atoms. The number of carbonyl (C=O) groups is 1.